The molecule has 1 saturated heterocycles. The topological polar surface area (TPSA) is 35.6 Å². The van der Waals surface area contributed by atoms with Gasteiger partial charge >= 0.3 is 0 Å². The Bertz CT molecular complexity index is 482. The Hall–Kier alpha value is -1.55. The van der Waals surface area contributed by atoms with Crippen molar-refractivity contribution in [2.75, 3.05) is 30.4 Å². The third kappa shape index (κ3) is 2.59. The quantitative estimate of drug-likeness (QED) is 0.892. The summed E-state index contributed by atoms with van der Waals surface area (Å²) in [5.74, 6) is 0.225. The first-order valence-corrected chi connectivity index (χ1v) is 7.00. The molecule has 0 aromatic heterocycles. The molecular formula is C15H21N3O. The normalized spacial score (nSPS) is 22.9. The summed E-state index contributed by atoms with van der Waals surface area (Å²) in [4.78, 5) is 16.4. The number of rotatable bonds is 4. The summed E-state index contributed by atoms with van der Waals surface area (Å²) >= 11 is 0. The van der Waals surface area contributed by atoms with E-state index in [1.54, 1.807) is 0 Å². The molecule has 1 N–H and O–H groups in total. The first kappa shape index (κ1) is 12.5. The third-order valence-electron chi connectivity index (χ3n) is 3.88. The first-order valence-electron chi connectivity index (χ1n) is 7.00. The second-order valence-corrected chi connectivity index (χ2v) is 5.69. The number of amides is 1. The van der Waals surface area contributed by atoms with Crippen LogP contribution in [0.2, 0.25) is 0 Å². The van der Waals surface area contributed by atoms with Gasteiger partial charge in [-0.25, -0.2) is 0 Å². The SMILES string of the molecule is CN(C)c1cccc(N2CCC(NC3CC3)C2=O)c1. The van der Waals surface area contributed by atoms with Crippen molar-refractivity contribution in [2.45, 2.75) is 31.3 Å². The van der Waals surface area contributed by atoms with Crippen molar-refractivity contribution < 1.29 is 4.79 Å². The number of benzene rings is 1. The Balaban J connectivity index is 1.75. The van der Waals surface area contributed by atoms with E-state index < -0.39 is 0 Å². The van der Waals surface area contributed by atoms with E-state index in [2.05, 4.69) is 22.3 Å². The lowest BCUT2D eigenvalue weighted by molar-refractivity contribution is -0.118. The minimum absolute atomic E-state index is 0.0236. The Morgan fingerprint density at radius 3 is 2.74 bits per heavy atom. The molecule has 2 fully saturated rings. The summed E-state index contributed by atoms with van der Waals surface area (Å²) in [5.41, 5.74) is 2.14. The summed E-state index contributed by atoms with van der Waals surface area (Å²) in [6.45, 7) is 0.820. The minimum atomic E-state index is 0.0236. The number of carbonyl (C=O) groups is 1. The second-order valence-electron chi connectivity index (χ2n) is 5.69. The number of nitrogens with zero attached hydrogens (tertiary/aromatic N) is 2. The zero-order valence-electron chi connectivity index (χ0n) is 11.6. The van der Waals surface area contributed by atoms with Crippen molar-refractivity contribution in [3.63, 3.8) is 0 Å². The molecule has 1 saturated carbocycles. The van der Waals surface area contributed by atoms with E-state index in [0.29, 0.717) is 6.04 Å². The molecule has 1 aliphatic carbocycles. The number of nitrogens with one attached hydrogen (secondary N) is 1. The third-order valence-corrected chi connectivity index (χ3v) is 3.88. The summed E-state index contributed by atoms with van der Waals surface area (Å²) < 4.78 is 0. The fraction of sp³-hybridized carbons (Fsp3) is 0.533. The fourth-order valence-corrected chi connectivity index (χ4v) is 2.56. The van der Waals surface area contributed by atoms with Gasteiger partial charge in [0.05, 0.1) is 6.04 Å². The summed E-state index contributed by atoms with van der Waals surface area (Å²) in [6, 6.07) is 8.78. The van der Waals surface area contributed by atoms with Crippen molar-refractivity contribution in [3.05, 3.63) is 24.3 Å². The number of hydrogen-bond acceptors (Lipinski definition) is 3. The highest BCUT2D eigenvalue weighted by atomic mass is 16.2. The van der Waals surface area contributed by atoms with Gasteiger partial charge in [-0.15, -0.1) is 0 Å². The fourth-order valence-electron chi connectivity index (χ4n) is 2.56. The maximum atomic E-state index is 12.4. The molecular weight excluding hydrogens is 238 g/mol. The molecule has 1 unspecified atom stereocenters. The van der Waals surface area contributed by atoms with Gasteiger partial charge in [-0.1, -0.05) is 6.07 Å². The van der Waals surface area contributed by atoms with Gasteiger partial charge in [0.1, 0.15) is 0 Å². The van der Waals surface area contributed by atoms with E-state index in [1.165, 1.54) is 12.8 Å². The molecule has 1 atom stereocenters. The van der Waals surface area contributed by atoms with Crippen LogP contribution in [-0.2, 0) is 4.79 Å². The molecule has 0 spiro atoms. The molecule has 19 heavy (non-hydrogen) atoms. The van der Waals surface area contributed by atoms with Crippen LogP contribution in [0.25, 0.3) is 0 Å². The highest BCUT2D eigenvalue weighted by molar-refractivity contribution is 5.99. The lowest BCUT2D eigenvalue weighted by Crippen LogP contribution is -2.39. The maximum absolute atomic E-state index is 12.4. The molecule has 0 bridgehead atoms. The maximum Gasteiger partial charge on any atom is 0.244 e. The van der Waals surface area contributed by atoms with Gasteiger partial charge < -0.3 is 15.1 Å². The van der Waals surface area contributed by atoms with Crippen LogP contribution in [0.5, 0.6) is 0 Å². The predicted octanol–water partition coefficient (Wildman–Crippen LogP) is 1.61. The van der Waals surface area contributed by atoms with E-state index in [9.17, 15) is 4.79 Å². The Morgan fingerprint density at radius 2 is 2.05 bits per heavy atom. The molecule has 1 amide bonds. The van der Waals surface area contributed by atoms with Crippen LogP contribution in [0.15, 0.2) is 24.3 Å². The van der Waals surface area contributed by atoms with E-state index >= 15 is 0 Å². The molecule has 1 aliphatic heterocycles. The van der Waals surface area contributed by atoms with Gasteiger partial charge in [-0.3, -0.25) is 4.79 Å². The highest BCUT2D eigenvalue weighted by Gasteiger charge is 2.36. The van der Waals surface area contributed by atoms with Gasteiger partial charge in [-0.2, -0.15) is 0 Å². The molecule has 1 heterocycles. The largest absolute Gasteiger partial charge is 0.378 e. The van der Waals surface area contributed by atoms with Crippen molar-refractivity contribution in [1.29, 1.82) is 0 Å². The summed E-state index contributed by atoms with van der Waals surface area (Å²) in [7, 11) is 4.03. The van der Waals surface area contributed by atoms with Crippen LogP contribution < -0.4 is 15.1 Å². The average molecular weight is 259 g/mol. The van der Waals surface area contributed by atoms with Crippen LogP contribution in [0.4, 0.5) is 11.4 Å². The molecule has 1 aromatic rings. The Morgan fingerprint density at radius 1 is 1.26 bits per heavy atom. The monoisotopic (exact) mass is 259 g/mol. The summed E-state index contributed by atoms with van der Waals surface area (Å²) in [6.07, 6.45) is 3.36. The van der Waals surface area contributed by atoms with Crippen LogP contribution in [0, 0.1) is 0 Å². The smallest absolute Gasteiger partial charge is 0.244 e. The van der Waals surface area contributed by atoms with Crippen molar-refractivity contribution in [2.24, 2.45) is 0 Å². The van der Waals surface area contributed by atoms with Crippen molar-refractivity contribution in [1.82, 2.24) is 5.32 Å². The number of hydrogen-bond donors (Lipinski definition) is 1. The lowest BCUT2D eigenvalue weighted by atomic mass is 10.2. The molecule has 1 aromatic carbocycles. The van der Waals surface area contributed by atoms with Gasteiger partial charge in [0.2, 0.25) is 5.91 Å². The number of anilines is 2. The minimum Gasteiger partial charge on any atom is -0.378 e. The predicted molar refractivity (Wildman–Crippen MR) is 77.7 cm³/mol. The van der Waals surface area contributed by atoms with Gasteiger partial charge in [-0.05, 0) is 37.5 Å². The molecule has 102 valence electrons. The van der Waals surface area contributed by atoms with Gasteiger partial charge in [0.15, 0.2) is 0 Å². The zero-order chi connectivity index (χ0) is 13.4. The first-order chi connectivity index (χ1) is 9.15. The lowest BCUT2D eigenvalue weighted by Gasteiger charge is -2.20. The van der Waals surface area contributed by atoms with Crippen molar-refractivity contribution in [3.8, 4) is 0 Å². The van der Waals surface area contributed by atoms with E-state index in [1.807, 2.05) is 31.1 Å². The zero-order valence-corrected chi connectivity index (χ0v) is 11.6. The van der Waals surface area contributed by atoms with E-state index in [0.717, 1.165) is 24.3 Å². The molecule has 3 rings (SSSR count). The molecule has 4 heteroatoms. The summed E-state index contributed by atoms with van der Waals surface area (Å²) in [5, 5.41) is 3.44. The van der Waals surface area contributed by atoms with Gasteiger partial charge in [0, 0.05) is 38.1 Å². The Labute approximate surface area is 114 Å². The van der Waals surface area contributed by atoms with Gasteiger partial charge in [0.25, 0.3) is 0 Å². The van der Waals surface area contributed by atoms with Crippen LogP contribution in [-0.4, -0.2) is 38.6 Å². The second kappa shape index (κ2) is 4.85. The van der Waals surface area contributed by atoms with Crippen LogP contribution in [0.1, 0.15) is 19.3 Å². The highest BCUT2D eigenvalue weighted by Crippen LogP contribution is 2.27. The van der Waals surface area contributed by atoms with E-state index in [-0.39, 0.29) is 11.9 Å². The van der Waals surface area contributed by atoms with Crippen LogP contribution >= 0.6 is 0 Å². The average Bonchev–Trinajstić information content (AvgIpc) is 3.14. The van der Waals surface area contributed by atoms with Crippen LogP contribution in [0.3, 0.4) is 0 Å². The molecule has 2 aliphatic rings. The Kier molecular flexibility index (Phi) is 3.19. The van der Waals surface area contributed by atoms with Crippen molar-refractivity contribution >= 4 is 17.3 Å². The standard InChI is InChI=1S/C15H21N3O/c1-17(2)12-4-3-5-13(10-12)18-9-8-14(15(18)19)16-11-6-7-11/h3-5,10-11,14,16H,6-9H2,1-2H3. The molecule has 0 radical (unpaired) electrons. The number of carbonyl (C=O) groups excluding carboxylic acids is 1. The van der Waals surface area contributed by atoms with E-state index in [4.69, 9.17) is 0 Å². The molecule has 4 nitrogen and oxygen atoms in total.